The van der Waals surface area contributed by atoms with Crippen molar-refractivity contribution in [3.63, 3.8) is 0 Å². The molecule has 0 saturated heterocycles. The number of hydrogen-bond acceptors (Lipinski definition) is 2. The second kappa shape index (κ2) is 6.60. The van der Waals surface area contributed by atoms with Gasteiger partial charge in [0, 0.05) is 16.1 Å². The Kier molecular flexibility index (Phi) is 5.08. The lowest BCUT2D eigenvalue weighted by Gasteiger charge is -2.27. The summed E-state index contributed by atoms with van der Waals surface area (Å²) < 4.78 is 0. The summed E-state index contributed by atoms with van der Waals surface area (Å²) in [6.07, 6.45) is 5.58. The lowest BCUT2D eigenvalue weighted by atomic mass is 9.94. The van der Waals surface area contributed by atoms with E-state index in [1.807, 2.05) is 0 Å². The Morgan fingerprint density at radius 1 is 1.26 bits per heavy atom. The van der Waals surface area contributed by atoms with Crippen LogP contribution in [-0.2, 0) is 4.79 Å². The van der Waals surface area contributed by atoms with Crippen molar-refractivity contribution < 1.29 is 9.90 Å². The van der Waals surface area contributed by atoms with Crippen molar-refractivity contribution in [2.45, 2.75) is 44.2 Å². The van der Waals surface area contributed by atoms with Crippen LogP contribution in [0.5, 0.6) is 0 Å². The SMILES string of the molecule is O=C(O)C(NC1CCCCC1)c1ccc(Cl)cc1Cl. The number of carbonyl (C=O) groups is 1. The van der Waals surface area contributed by atoms with Crippen LogP contribution in [0.3, 0.4) is 0 Å². The van der Waals surface area contributed by atoms with Crippen LogP contribution < -0.4 is 5.32 Å². The molecule has 0 aliphatic heterocycles. The molecule has 1 aliphatic carbocycles. The van der Waals surface area contributed by atoms with E-state index in [9.17, 15) is 9.90 Å². The molecule has 0 amide bonds. The average Bonchev–Trinajstić information content (AvgIpc) is 2.38. The molecular weight excluding hydrogens is 285 g/mol. The predicted octanol–water partition coefficient (Wildman–Crippen LogP) is 4.04. The summed E-state index contributed by atoms with van der Waals surface area (Å²) in [6.45, 7) is 0. The molecule has 0 aromatic heterocycles. The Balaban J connectivity index is 2.17. The van der Waals surface area contributed by atoms with Gasteiger partial charge in [0.15, 0.2) is 0 Å². The number of aliphatic carboxylic acids is 1. The Bertz CT molecular complexity index is 459. The Morgan fingerprint density at radius 3 is 2.53 bits per heavy atom. The Morgan fingerprint density at radius 2 is 1.95 bits per heavy atom. The summed E-state index contributed by atoms with van der Waals surface area (Å²) in [5.41, 5.74) is 0.573. The zero-order valence-electron chi connectivity index (χ0n) is 10.5. The van der Waals surface area contributed by atoms with E-state index in [1.165, 1.54) is 6.42 Å². The predicted molar refractivity (Wildman–Crippen MR) is 76.8 cm³/mol. The second-order valence-corrected chi connectivity index (χ2v) is 5.78. The van der Waals surface area contributed by atoms with Gasteiger partial charge in [0.05, 0.1) is 0 Å². The van der Waals surface area contributed by atoms with Crippen LogP contribution in [0, 0.1) is 0 Å². The van der Waals surface area contributed by atoms with E-state index in [0.29, 0.717) is 15.6 Å². The largest absolute Gasteiger partial charge is 0.480 e. The minimum absolute atomic E-state index is 0.251. The molecule has 3 nitrogen and oxygen atoms in total. The number of rotatable bonds is 4. The van der Waals surface area contributed by atoms with E-state index in [2.05, 4.69) is 5.32 Å². The number of carboxylic acid groups (broad SMARTS) is 1. The number of nitrogens with one attached hydrogen (secondary N) is 1. The third kappa shape index (κ3) is 3.85. The minimum atomic E-state index is -0.908. The summed E-state index contributed by atoms with van der Waals surface area (Å²) in [4.78, 5) is 11.5. The first-order chi connectivity index (χ1) is 9.08. The van der Waals surface area contributed by atoms with Crippen molar-refractivity contribution in [2.75, 3.05) is 0 Å². The standard InChI is InChI=1S/C14H17Cl2NO2/c15-9-6-7-11(12(16)8-9)13(14(18)19)17-10-4-2-1-3-5-10/h6-8,10,13,17H,1-5H2,(H,18,19). The summed E-state index contributed by atoms with van der Waals surface area (Å²) >= 11 is 11.9. The van der Waals surface area contributed by atoms with Gasteiger partial charge in [0.25, 0.3) is 0 Å². The molecule has 1 fully saturated rings. The maximum absolute atomic E-state index is 11.5. The number of halogens is 2. The van der Waals surface area contributed by atoms with Crippen LogP contribution >= 0.6 is 23.2 Å². The quantitative estimate of drug-likeness (QED) is 0.882. The van der Waals surface area contributed by atoms with Crippen LogP contribution in [0.1, 0.15) is 43.7 Å². The van der Waals surface area contributed by atoms with Gasteiger partial charge in [0.2, 0.25) is 0 Å². The number of carboxylic acids is 1. The fraction of sp³-hybridized carbons (Fsp3) is 0.500. The van der Waals surface area contributed by atoms with Gasteiger partial charge in [-0.1, -0.05) is 48.5 Å². The molecule has 0 bridgehead atoms. The van der Waals surface area contributed by atoms with E-state index in [0.717, 1.165) is 25.7 Å². The van der Waals surface area contributed by atoms with Gasteiger partial charge in [-0.15, -0.1) is 0 Å². The van der Waals surface area contributed by atoms with Crippen molar-refractivity contribution in [3.8, 4) is 0 Å². The highest BCUT2D eigenvalue weighted by atomic mass is 35.5. The van der Waals surface area contributed by atoms with Gasteiger partial charge in [-0.2, -0.15) is 0 Å². The van der Waals surface area contributed by atoms with Crippen molar-refractivity contribution in [2.24, 2.45) is 0 Å². The smallest absolute Gasteiger partial charge is 0.325 e. The van der Waals surface area contributed by atoms with E-state index in [4.69, 9.17) is 23.2 Å². The maximum Gasteiger partial charge on any atom is 0.325 e. The molecule has 19 heavy (non-hydrogen) atoms. The summed E-state index contributed by atoms with van der Waals surface area (Å²) in [5.74, 6) is -0.908. The highest BCUT2D eigenvalue weighted by molar-refractivity contribution is 6.35. The van der Waals surface area contributed by atoms with Gasteiger partial charge in [0.1, 0.15) is 6.04 Å². The molecule has 1 atom stereocenters. The molecular formula is C14H17Cl2NO2. The van der Waals surface area contributed by atoms with Crippen molar-refractivity contribution in [1.29, 1.82) is 0 Å². The van der Waals surface area contributed by atoms with Crippen LogP contribution in [0.15, 0.2) is 18.2 Å². The molecule has 5 heteroatoms. The highest BCUT2D eigenvalue weighted by Gasteiger charge is 2.26. The van der Waals surface area contributed by atoms with E-state index in [-0.39, 0.29) is 6.04 Å². The van der Waals surface area contributed by atoms with Crippen LogP contribution in [0.25, 0.3) is 0 Å². The molecule has 0 heterocycles. The van der Waals surface area contributed by atoms with Gasteiger partial charge in [-0.25, -0.2) is 0 Å². The van der Waals surface area contributed by atoms with Crippen molar-refractivity contribution in [3.05, 3.63) is 33.8 Å². The summed E-state index contributed by atoms with van der Waals surface area (Å²) in [6, 6.07) is 4.41. The van der Waals surface area contributed by atoms with E-state index >= 15 is 0 Å². The molecule has 1 aromatic rings. The lowest BCUT2D eigenvalue weighted by molar-refractivity contribution is -0.140. The molecule has 1 aliphatic rings. The third-order valence-corrected chi connectivity index (χ3v) is 4.09. The van der Waals surface area contributed by atoms with Crippen LogP contribution in [-0.4, -0.2) is 17.1 Å². The summed E-state index contributed by atoms with van der Waals surface area (Å²) in [5, 5.41) is 13.5. The van der Waals surface area contributed by atoms with Gasteiger partial charge < -0.3 is 5.11 Å². The first kappa shape index (κ1) is 14.6. The van der Waals surface area contributed by atoms with Crippen LogP contribution in [0.2, 0.25) is 10.0 Å². The van der Waals surface area contributed by atoms with Gasteiger partial charge in [-0.05, 0) is 30.5 Å². The molecule has 104 valence electrons. The molecule has 2 rings (SSSR count). The average molecular weight is 302 g/mol. The molecule has 2 N–H and O–H groups in total. The molecule has 1 unspecified atom stereocenters. The monoisotopic (exact) mass is 301 g/mol. The maximum atomic E-state index is 11.5. The minimum Gasteiger partial charge on any atom is -0.480 e. The Labute approximate surface area is 122 Å². The number of hydrogen-bond donors (Lipinski definition) is 2. The Hall–Kier alpha value is -0.770. The van der Waals surface area contributed by atoms with Crippen molar-refractivity contribution >= 4 is 29.2 Å². The highest BCUT2D eigenvalue weighted by Crippen LogP contribution is 2.28. The first-order valence-corrected chi connectivity index (χ1v) is 7.27. The molecule has 1 saturated carbocycles. The van der Waals surface area contributed by atoms with E-state index in [1.54, 1.807) is 18.2 Å². The van der Waals surface area contributed by atoms with Crippen molar-refractivity contribution in [1.82, 2.24) is 5.32 Å². The molecule has 0 radical (unpaired) electrons. The summed E-state index contributed by atoms with van der Waals surface area (Å²) in [7, 11) is 0. The second-order valence-electron chi connectivity index (χ2n) is 4.94. The van der Waals surface area contributed by atoms with Crippen LogP contribution in [0.4, 0.5) is 0 Å². The molecule has 0 spiro atoms. The third-order valence-electron chi connectivity index (χ3n) is 3.53. The first-order valence-electron chi connectivity index (χ1n) is 6.51. The van der Waals surface area contributed by atoms with Gasteiger partial charge >= 0.3 is 5.97 Å². The fourth-order valence-corrected chi connectivity index (χ4v) is 3.05. The number of benzene rings is 1. The van der Waals surface area contributed by atoms with E-state index < -0.39 is 12.0 Å². The zero-order valence-corrected chi connectivity index (χ0v) is 12.0. The fourth-order valence-electron chi connectivity index (χ4n) is 2.53. The topological polar surface area (TPSA) is 49.3 Å². The zero-order chi connectivity index (χ0) is 13.8. The normalized spacial score (nSPS) is 18.2. The molecule has 1 aromatic carbocycles. The van der Waals surface area contributed by atoms with Gasteiger partial charge in [-0.3, -0.25) is 10.1 Å². The lowest BCUT2D eigenvalue weighted by Crippen LogP contribution is -2.38.